The van der Waals surface area contributed by atoms with E-state index in [-0.39, 0.29) is 36.7 Å². The number of aromatic hydroxyl groups is 2. The summed E-state index contributed by atoms with van der Waals surface area (Å²) >= 11 is 0. The van der Waals surface area contributed by atoms with Crippen LogP contribution in [0.5, 0.6) is 11.5 Å². The third-order valence-corrected chi connectivity index (χ3v) is 9.18. The second kappa shape index (κ2) is 22.4. The zero-order valence-corrected chi connectivity index (χ0v) is 31.8. The number of carbonyl (C=O) groups is 5. The van der Waals surface area contributed by atoms with E-state index >= 15 is 0 Å². The van der Waals surface area contributed by atoms with Gasteiger partial charge in [-0.3, -0.25) is 19.2 Å². The van der Waals surface area contributed by atoms with Crippen LogP contribution in [0.25, 0.3) is 0 Å². The highest BCUT2D eigenvalue weighted by Gasteiger charge is 2.35. The lowest BCUT2D eigenvalue weighted by molar-refractivity contribution is -0.144. The molecule has 0 aliphatic rings. The summed E-state index contributed by atoms with van der Waals surface area (Å²) in [5.74, 6) is -4.15. The van der Waals surface area contributed by atoms with E-state index < -0.39 is 65.9 Å². The first-order valence-corrected chi connectivity index (χ1v) is 18.4. The van der Waals surface area contributed by atoms with Crippen molar-refractivity contribution in [2.75, 3.05) is 14.1 Å². The predicted octanol–water partition coefficient (Wildman–Crippen LogP) is 2.62. The van der Waals surface area contributed by atoms with Gasteiger partial charge in [0, 0.05) is 25.9 Å². The molecule has 6 atom stereocenters. The van der Waals surface area contributed by atoms with Gasteiger partial charge in [0.05, 0.1) is 0 Å². The molecule has 14 heteroatoms. The smallest absolute Gasteiger partial charge is 0.326 e. The van der Waals surface area contributed by atoms with Crippen LogP contribution >= 0.6 is 0 Å². The molecular formula is C39H59N5O9. The molecule has 294 valence electrons. The van der Waals surface area contributed by atoms with E-state index in [9.17, 15) is 44.4 Å². The summed E-state index contributed by atoms with van der Waals surface area (Å²) in [6, 6.07) is 6.52. The van der Waals surface area contributed by atoms with Gasteiger partial charge in [0.15, 0.2) is 0 Å². The third-order valence-electron chi connectivity index (χ3n) is 9.18. The number of aliphatic hydroxyl groups is 1. The highest BCUT2D eigenvalue weighted by Crippen LogP contribution is 2.17. The number of unbranched alkanes of at least 4 members (excludes halogenated alkanes) is 4. The van der Waals surface area contributed by atoms with E-state index in [4.69, 9.17) is 0 Å². The topological polar surface area (TPSA) is 218 Å². The van der Waals surface area contributed by atoms with Crippen LogP contribution in [0, 0.1) is 5.92 Å². The first-order chi connectivity index (χ1) is 25.1. The summed E-state index contributed by atoms with van der Waals surface area (Å²) in [4.78, 5) is 67.7. The number of amides is 4. The molecule has 2 aromatic carbocycles. The number of hydrogen-bond donors (Lipinski definition) is 8. The van der Waals surface area contributed by atoms with Crippen LogP contribution in [0.4, 0.5) is 0 Å². The number of nitrogens with zero attached hydrogens (tertiary/aromatic N) is 1. The predicted molar refractivity (Wildman–Crippen MR) is 201 cm³/mol. The number of carboxylic acids is 1. The van der Waals surface area contributed by atoms with Crippen LogP contribution < -0.4 is 21.3 Å². The molecule has 0 saturated heterocycles. The molecule has 2 rings (SSSR count). The van der Waals surface area contributed by atoms with Crippen LogP contribution in [-0.4, -0.2) is 105 Å². The van der Waals surface area contributed by atoms with Gasteiger partial charge in [-0.25, -0.2) is 4.79 Å². The van der Waals surface area contributed by atoms with Crippen LogP contribution in [0.15, 0.2) is 48.5 Å². The zero-order valence-electron chi connectivity index (χ0n) is 31.8. The van der Waals surface area contributed by atoms with Gasteiger partial charge in [-0.15, -0.1) is 0 Å². The average Bonchev–Trinajstić information content (AvgIpc) is 3.12. The minimum atomic E-state index is -1.40. The Balaban J connectivity index is 2.24. The number of aliphatic carboxylic acids is 1. The van der Waals surface area contributed by atoms with Crippen LogP contribution in [0.3, 0.4) is 0 Å². The Morgan fingerprint density at radius 3 is 1.72 bits per heavy atom. The van der Waals surface area contributed by atoms with E-state index in [1.165, 1.54) is 55.3 Å². The van der Waals surface area contributed by atoms with E-state index in [1.807, 2.05) is 13.8 Å². The highest BCUT2D eigenvalue weighted by molar-refractivity contribution is 5.95. The second-order valence-electron chi connectivity index (χ2n) is 14.1. The molecule has 0 aromatic heterocycles. The molecule has 0 heterocycles. The molecule has 0 fully saturated rings. The Morgan fingerprint density at radius 2 is 1.23 bits per heavy atom. The lowest BCUT2D eigenvalue weighted by Crippen LogP contribution is -2.59. The lowest BCUT2D eigenvalue weighted by atomic mass is 9.99. The van der Waals surface area contributed by atoms with Crippen LogP contribution in [-0.2, 0) is 36.8 Å². The maximum Gasteiger partial charge on any atom is 0.326 e. The number of aliphatic hydroxyl groups excluding tert-OH is 1. The average molecular weight is 742 g/mol. The number of phenolic OH excluding ortho intramolecular Hbond substituents is 2. The molecule has 14 nitrogen and oxygen atoms in total. The number of carboxylic acid groups (broad SMARTS) is 1. The van der Waals surface area contributed by atoms with Crippen molar-refractivity contribution in [1.29, 1.82) is 0 Å². The van der Waals surface area contributed by atoms with Gasteiger partial charge >= 0.3 is 5.97 Å². The van der Waals surface area contributed by atoms with Gasteiger partial charge in [-0.05, 0) is 68.1 Å². The van der Waals surface area contributed by atoms with Crippen LogP contribution in [0.2, 0.25) is 0 Å². The molecule has 8 N–H and O–H groups in total. The van der Waals surface area contributed by atoms with Crippen LogP contribution in [0.1, 0.15) is 83.8 Å². The molecule has 0 bridgehead atoms. The fourth-order valence-corrected chi connectivity index (χ4v) is 6.00. The Morgan fingerprint density at radius 1 is 0.717 bits per heavy atom. The SMILES string of the molecule is CCCCCCC[C@H](NC)[C@H](O)C(=O)N[C@H](C)C(=O)N(C)[C@@H](CC(C)C)C(=O)N[C@H](Cc1ccc(O)cc1)C(=O)N[C@H](Cc1ccc(O)cc1)C(=O)O. The summed E-state index contributed by atoms with van der Waals surface area (Å²) in [5, 5.41) is 50.9. The third kappa shape index (κ3) is 15.1. The molecule has 0 saturated carbocycles. The highest BCUT2D eigenvalue weighted by atomic mass is 16.4. The first-order valence-electron chi connectivity index (χ1n) is 18.4. The summed E-state index contributed by atoms with van der Waals surface area (Å²) in [6.07, 6.45) is 4.33. The first kappa shape index (κ1) is 44.5. The number of carbonyl (C=O) groups excluding carboxylic acids is 4. The zero-order chi connectivity index (χ0) is 39.7. The number of benzene rings is 2. The standard InChI is InChI=1S/C39H59N5O9/c1-7-8-9-10-11-12-30(40-5)34(47)37(50)41-25(4)38(51)44(6)33(21-24(2)3)36(49)42-31(22-26-13-17-28(45)18-14-26)35(48)43-32(39(52)53)23-27-15-19-29(46)20-16-27/h13-20,24-25,30-34,40,45-47H,7-12,21-23H2,1-6H3,(H,41,50)(H,42,49)(H,43,48)(H,52,53)/t25-,30+,31-,32-,33+,34+/m1/s1. The van der Waals surface area contributed by atoms with Crippen molar-refractivity contribution in [2.24, 2.45) is 5.92 Å². The van der Waals surface area contributed by atoms with Gasteiger partial charge in [0.25, 0.3) is 5.91 Å². The van der Waals surface area contributed by atoms with Gasteiger partial charge < -0.3 is 46.6 Å². The molecule has 0 unspecified atom stereocenters. The molecule has 0 aliphatic carbocycles. The van der Waals surface area contributed by atoms with E-state index in [1.54, 1.807) is 19.2 Å². The van der Waals surface area contributed by atoms with Crippen molar-refractivity contribution in [1.82, 2.24) is 26.2 Å². The molecule has 0 spiro atoms. The quantitative estimate of drug-likeness (QED) is 0.0779. The fourth-order valence-electron chi connectivity index (χ4n) is 6.00. The number of likely N-dealkylation sites (N-methyl/N-ethyl adjacent to an activating group) is 2. The summed E-state index contributed by atoms with van der Waals surface area (Å²) in [5.41, 5.74) is 1.11. The molecule has 4 amide bonds. The van der Waals surface area contributed by atoms with Gasteiger partial charge in [0.2, 0.25) is 17.7 Å². The van der Waals surface area contributed by atoms with Crippen molar-refractivity contribution in [3.8, 4) is 11.5 Å². The minimum absolute atomic E-state index is 0.000956. The minimum Gasteiger partial charge on any atom is -0.508 e. The van der Waals surface area contributed by atoms with Crippen molar-refractivity contribution >= 4 is 29.6 Å². The number of phenols is 2. The molecule has 53 heavy (non-hydrogen) atoms. The second-order valence-corrected chi connectivity index (χ2v) is 14.1. The largest absolute Gasteiger partial charge is 0.508 e. The molecular weight excluding hydrogens is 682 g/mol. The maximum atomic E-state index is 14.0. The Kier molecular flexibility index (Phi) is 18.8. The summed E-state index contributed by atoms with van der Waals surface area (Å²) in [7, 11) is 3.09. The van der Waals surface area contributed by atoms with E-state index in [2.05, 4.69) is 28.2 Å². The van der Waals surface area contributed by atoms with Crippen molar-refractivity contribution < 1.29 is 44.4 Å². The maximum absolute atomic E-state index is 14.0. The van der Waals surface area contributed by atoms with Crippen molar-refractivity contribution in [3.63, 3.8) is 0 Å². The lowest BCUT2D eigenvalue weighted by Gasteiger charge is -2.32. The fraction of sp³-hybridized carbons (Fsp3) is 0.564. The molecule has 2 aromatic rings. The Bertz CT molecular complexity index is 1470. The normalized spacial score (nSPS) is 14.6. The Hall–Kier alpha value is -4.69. The van der Waals surface area contributed by atoms with E-state index in [0.29, 0.717) is 17.5 Å². The van der Waals surface area contributed by atoms with E-state index in [0.717, 1.165) is 32.1 Å². The van der Waals surface area contributed by atoms with Crippen molar-refractivity contribution in [2.45, 2.75) is 122 Å². The molecule has 0 radical (unpaired) electrons. The number of rotatable bonds is 23. The van der Waals surface area contributed by atoms with Gasteiger partial charge in [0.1, 0.15) is 41.8 Å². The van der Waals surface area contributed by atoms with Crippen molar-refractivity contribution in [3.05, 3.63) is 59.7 Å². The number of nitrogens with one attached hydrogen (secondary N) is 4. The Labute approximate surface area is 312 Å². The summed E-state index contributed by atoms with van der Waals surface area (Å²) in [6.45, 7) is 7.32. The monoisotopic (exact) mass is 741 g/mol. The van der Waals surface area contributed by atoms with Gasteiger partial charge in [-0.2, -0.15) is 0 Å². The van der Waals surface area contributed by atoms with Gasteiger partial charge in [-0.1, -0.05) is 77.1 Å². The molecule has 0 aliphatic heterocycles. The summed E-state index contributed by atoms with van der Waals surface area (Å²) < 4.78 is 0. The number of hydrogen-bond acceptors (Lipinski definition) is 9.